The largest absolute Gasteiger partial charge is 0.497 e. The Hall–Kier alpha value is -3.45. The molecule has 1 saturated heterocycles. The van der Waals surface area contributed by atoms with E-state index in [2.05, 4.69) is 0 Å². The van der Waals surface area contributed by atoms with Crippen molar-refractivity contribution in [2.24, 2.45) is 0 Å². The van der Waals surface area contributed by atoms with Crippen molar-refractivity contribution in [1.29, 1.82) is 0 Å². The molecule has 3 amide bonds. The van der Waals surface area contributed by atoms with E-state index in [1.165, 1.54) is 16.2 Å². The van der Waals surface area contributed by atoms with E-state index < -0.39 is 11.9 Å². The van der Waals surface area contributed by atoms with Gasteiger partial charge in [0.1, 0.15) is 11.8 Å². The lowest BCUT2D eigenvalue weighted by Crippen LogP contribution is -2.45. The molecule has 1 aliphatic rings. The second kappa shape index (κ2) is 8.73. The first-order chi connectivity index (χ1) is 15.0. The number of anilines is 1. The summed E-state index contributed by atoms with van der Waals surface area (Å²) in [6.07, 6.45) is -0.0478. The minimum absolute atomic E-state index is 0.0478. The zero-order valence-corrected chi connectivity index (χ0v) is 18.1. The highest BCUT2D eigenvalue weighted by Gasteiger charge is 2.44. The van der Waals surface area contributed by atoms with Crippen LogP contribution in [0.5, 0.6) is 5.75 Å². The summed E-state index contributed by atoms with van der Waals surface area (Å²) in [6, 6.07) is 17.0. The van der Waals surface area contributed by atoms with Crippen LogP contribution in [0.2, 0.25) is 0 Å². The first kappa shape index (κ1) is 20.8. The van der Waals surface area contributed by atoms with Crippen molar-refractivity contribution in [3.63, 3.8) is 0 Å². The number of carbonyl (C=O) groups is 3. The number of hydrogen-bond donors (Lipinski definition) is 0. The van der Waals surface area contributed by atoms with E-state index in [1.54, 1.807) is 43.5 Å². The number of methoxy groups -OCH3 is 1. The zero-order chi connectivity index (χ0) is 22.0. The van der Waals surface area contributed by atoms with E-state index in [0.29, 0.717) is 17.0 Å². The van der Waals surface area contributed by atoms with Crippen LogP contribution in [-0.4, -0.2) is 35.8 Å². The summed E-state index contributed by atoms with van der Waals surface area (Å²) >= 11 is 1.51. The molecule has 2 aromatic carbocycles. The topological polar surface area (TPSA) is 66.9 Å². The number of hydrogen-bond acceptors (Lipinski definition) is 5. The van der Waals surface area contributed by atoms with Crippen molar-refractivity contribution >= 4 is 34.7 Å². The van der Waals surface area contributed by atoms with Gasteiger partial charge in [-0.1, -0.05) is 23.8 Å². The molecule has 2 heterocycles. The lowest BCUT2D eigenvalue weighted by Gasteiger charge is -2.27. The molecule has 4 rings (SSSR count). The zero-order valence-electron chi connectivity index (χ0n) is 17.3. The molecular formula is C24H22N2O4S. The van der Waals surface area contributed by atoms with Gasteiger partial charge in [-0.3, -0.25) is 14.4 Å². The maximum Gasteiger partial charge on any atom is 0.257 e. The summed E-state index contributed by atoms with van der Waals surface area (Å²) in [5, 5.41) is 1.93. The molecule has 0 bridgehead atoms. The summed E-state index contributed by atoms with van der Waals surface area (Å²) in [5.41, 5.74) is 1.92. The SMILES string of the molecule is COc1ccc(N2C(=O)CC(N(Cc3cccs3)C(=O)c3cccc(C)c3)C2=O)cc1. The van der Waals surface area contributed by atoms with Crippen LogP contribution < -0.4 is 9.64 Å². The Morgan fingerprint density at radius 2 is 1.90 bits per heavy atom. The fourth-order valence-corrected chi connectivity index (χ4v) is 4.40. The normalized spacial score (nSPS) is 15.9. The molecule has 1 aromatic heterocycles. The third-order valence-corrected chi connectivity index (χ3v) is 6.12. The van der Waals surface area contributed by atoms with Gasteiger partial charge in [0.15, 0.2) is 0 Å². The summed E-state index contributed by atoms with van der Waals surface area (Å²) < 4.78 is 5.15. The van der Waals surface area contributed by atoms with Gasteiger partial charge in [-0.25, -0.2) is 4.90 Å². The van der Waals surface area contributed by atoms with Crippen molar-refractivity contribution in [3.8, 4) is 5.75 Å². The number of aryl methyl sites for hydroxylation is 1. The van der Waals surface area contributed by atoms with E-state index >= 15 is 0 Å². The van der Waals surface area contributed by atoms with Crippen molar-refractivity contribution in [2.75, 3.05) is 12.0 Å². The number of nitrogens with zero attached hydrogens (tertiary/aromatic N) is 2. The van der Waals surface area contributed by atoms with Gasteiger partial charge in [0.25, 0.3) is 11.8 Å². The van der Waals surface area contributed by atoms with E-state index in [1.807, 2.05) is 36.6 Å². The average molecular weight is 435 g/mol. The highest BCUT2D eigenvalue weighted by atomic mass is 32.1. The van der Waals surface area contributed by atoms with Gasteiger partial charge in [-0.05, 0) is 54.8 Å². The molecule has 0 spiro atoms. The lowest BCUT2D eigenvalue weighted by molar-refractivity contribution is -0.122. The summed E-state index contributed by atoms with van der Waals surface area (Å²) in [7, 11) is 1.55. The first-order valence-electron chi connectivity index (χ1n) is 9.89. The van der Waals surface area contributed by atoms with Crippen molar-refractivity contribution in [1.82, 2.24) is 4.90 Å². The van der Waals surface area contributed by atoms with Crippen molar-refractivity contribution in [2.45, 2.75) is 25.9 Å². The molecular weight excluding hydrogens is 412 g/mol. The summed E-state index contributed by atoms with van der Waals surface area (Å²) in [6.45, 7) is 2.18. The standard InChI is InChI=1S/C24H22N2O4S/c1-16-5-3-6-17(13-16)23(28)25(15-20-7-4-12-31-20)21-14-22(27)26(24(21)29)18-8-10-19(30-2)11-9-18/h3-13,21H,14-15H2,1-2H3. The predicted octanol–water partition coefficient (Wildman–Crippen LogP) is 4.04. The Morgan fingerprint density at radius 1 is 1.13 bits per heavy atom. The van der Waals surface area contributed by atoms with Crippen LogP contribution in [0.1, 0.15) is 27.2 Å². The van der Waals surface area contributed by atoms with Gasteiger partial charge in [-0.15, -0.1) is 11.3 Å². The molecule has 1 unspecified atom stereocenters. The maximum atomic E-state index is 13.4. The lowest BCUT2D eigenvalue weighted by atomic mass is 10.1. The maximum absolute atomic E-state index is 13.4. The van der Waals surface area contributed by atoms with Gasteiger partial charge in [0, 0.05) is 10.4 Å². The van der Waals surface area contributed by atoms with Crippen LogP contribution in [0.3, 0.4) is 0 Å². The molecule has 3 aromatic rings. The number of rotatable bonds is 6. The van der Waals surface area contributed by atoms with Crippen LogP contribution in [-0.2, 0) is 16.1 Å². The Labute approximate surface area is 184 Å². The fourth-order valence-electron chi connectivity index (χ4n) is 3.70. The third-order valence-electron chi connectivity index (χ3n) is 5.26. The number of thiophene rings is 1. The van der Waals surface area contributed by atoms with Crippen LogP contribution in [0, 0.1) is 6.92 Å². The third kappa shape index (κ3) is 4.22. The van der Waals surface area contributed by atoms with Gasteiger partial charge in [0.05, 0.1) is 25.8 Å². The molecule has 0 saturated carbocycles. The monoisotopic (exact) mass is 434 g/mol. The van der Waals surface area contributed by atoms with Crippen LogP contribution >= 0.6 is 11.3 Å². The minimum atomic E-state index is -0.857. The van der Waals surface area contributed by atoms with Gasteiger partial charge in [0.2, 0.25) is 5.91 Å². The Kier molecular flexibility index (Phi) is 5.86. The summed E-state index contributed by atoms with van der Waals surface area (Å²) in [4.78, 5) is 43.2. The average Bonchev–Trinajstić information content (AvgIpc) is 3.39. The highest BCUT2D eigenvalue weighted by molar-refractivity contribution is 7.09. The highest BCUT2D eigenvalue weighted by Crippen LogP contribution is 2.29. The van der Waals surface area contributed by atoms with Gasteiger partial charge >= 0.3 is 0 Å². The first-order valence-corrected chi connectivity index (χ1v) is 10.8. The molecule has 1 aliphatic heterocycles. The molecule has 0 aliphatic carbocycles. The Bertz CT molecular complexity index is 1110. The van der Waals surface area contributed by atoms with Crippen molar-refractivity contribution < 1.29 is 19.1 Å². The van der Waals surface area contributed by atoms with Crippen molar-refractivity contribution in [3.05, 3.63) is 82.0 Å². The molecule has 6 nitrogen and oxygen atoms in total. The number of ether oxygens (including phenoxy) is 1. The van der Waals surface area contributed by atoms with Crippen LogP contribution in [0.4, 0.5) is 5.69 Å². The van der Waals surface area contributed by atoms with Gasteiger partial charge in [-0.2, -0.15) is 0 Å². The molecule has 0 N–H and O–H groups in total. The van der Waals surface area contributed by atoms with E-state index in [9.17, 15) is 14.4 Å². The second-order valence-electron chi connectivity index (χ2n) is 7.37. The Morgan fingerprint density at radius 3 is 2.55 bits per heavy atom. The number of amides is 3. The smallest absolute Gasteiger partial charge is 0.257 e. The van der Waals surface area contributed by atoms with E-state index in [-0.39, 0.29) is 24.8 Å². The second-order valence-corrected chi connectivity index (χ2v) is 8.40. The van der Waals surface area contributed by atoms with E-state index in [4.69, 9.17) is 4.74 Å². The number of carbonyl (C=O) groups excluding carboxylic acids is 3. The van der Waals surface area contributed by atoms with Crippen LogP contribution in [0.15, 0.2) is 66.0 Å². The Balaban J connectivity index is 1.66. The molecule has 7 heteroatoms. The fraction of sp³-hybridized carbons (Fsp3) is 0.208. The van der Waals surface area contributed by atoms with Crippen LogP contribution in [0.25, 0.3) is 0 Å². The minimum Gasteiger partial charge on any atom is -0.497 e. The predicted molar refractivity (Wildman–Crippen MR) is 119 cm³/mol. The summed E-state index contributed by atoms with van der Waals surface area (Å²) in [5.74, 6) is -0.353. The molecule has 158 valence electrons. The molecule has 31 heavy (non-hydrogen) atoms. The van der Waals surface area contributed by atoms with E-state index in [0.717, 1.165) is 15.3 Å². The number of imide groups is 1. The molecule has 0 radical (unpaired) electrons. The number of benzene rings is 2. The quantitative estimate of drug-likeness (QED) is 0.549. The molecule has 1 fully saturated rings. The molecule has 1 atom stereocenters. The van der Waals surface area contributed by atoms with Gasteiger partial charge < -0.3 is 9.64 Å².